The Morgan fingerprint density at radius 2 is 2.22 bits per heavy atom. The Kier molecular flexibility index (Phi) is 3.42. The van der Waals surface area contributed by atoms with Gasteiger partial charge in [-0.15, -0.1) is 5.10 Å². The first-order chi connectivity index (χ1) is 8.59. The molecule has 1 N–H and O–H groups in total. The van der Waals surface area contributed by atoms with Crippen LogP contribution in [0.2, 0.25) is 0 Å². The van der Waals surface area contributed by atoms with Gasteiger partial charge in [0, 0.05) is 11.4 Å². The molecule has 0 aliphatic heterocycles. The Labute approximate surface area is 104 Å². The Hall–Kier alpha value is -2.16. The Balaban J connectivity index is 2.30. The lowest BCUT2D eigenvalue weighted by Crippen LogP contribution is -2.06. The number of rotatable bonds is 4. The molecule has 94 valence electrons. The van der Waals surface area contributed by atoms with Crippen molar-refractivity contribution in [1.82, 2.24) is 9.59 Å². The van der Waals surface area contributed by atoms with Gasteiger partial charge >= 0.3 is 0 Å². The van der Waals surface area contributed by atoms with E-state index in [0.29, 0.717) is 11.8 Å². The molecule has 0 spiro atoms. The summed E-state index contributed by atoms with van der Waals surface area (Å²) < 4.78 is 30.1. The summed E-state index contributed by atoms with van der Waals surface area (Å²) in [7, 11) is 0. The predicted molar refractivity (Wildman–Crippen MR) is 60.2 cm³/mol. The van der Waals surface area contributed by atoms with Crippen LogP contribution in [0.25, 0.3) is 0 Å². The second-order valence-corrected chi connectivity index (χ2v) is 3.87. The van der Waals surface area contributed by atoms with Gasteiger partial charge in [0.25, 0.3) is 5.69 Å². The third kappa shape index (κ3) is 2.40. The van der Waals surface area contributed by atoms with Crippen molar-refractivity contribution < 1.29 is 13.7 Å². The molecule has 0 saturated carbocycles. The third-order valence-electron chi connectivity index (χ3n) is 2.12. The van der Waals surface area contributed by atoms with Crippen molar-refractivity contribution in [2.75, 3.05) is 5.32 Å². The molecule has 6 nitrogen and oxygen atoms in total. The second kappa shape index (κ2) is 5.00. The molecule has 2 rings (SSSR count). The van der Waals surface area contributed by atoms with Crippen LogP contribution in [-0.4, -0.2) is 14.5 Å². The molecule has 2 aromatic rings. The molecule has 0 unspecified atom stereocenters. The molecule has 0 aliphatic rings. The summed E-state index contributed by atoms with van der Waals surface area (Å²) >= 11 is 1.09. The maximum absolute atomic E-state index is 13.5. The normalized spacial score (nSPS) is 10.3. The lowest BCUT2D eigenvalue weighted by molar-refractivity contribution is -0.384. The highest BCUT2D eigenvalue weighted by atomic mass is 32.1. The van der Waals surface area contributed by atoms with Crippen LogP contribution in [0.15, 0.2) is 17.5 Å². The number of nitrogens with one attached hydrogen (secondary N) is 1. The smallest absolute Gasteiger partial charge is 0.295 e. The highest BCUT2D eigenvalue weighted by Crippen LogP contribution is 2.29. The van der Waals surface area contributed by atoms with Gasteiger partial charge in [0.05, 0.1) is 17.2 Å². The minimum absolute atomic E-state index is 0.0255. The highest BCUT2D eigenvalue weighted by Gasteiger charge is 2.21. The van der Waals surface area contributed by atoms with E-state index in [1.165, 1.54) is 0 Å². The molecule has 0 radical (unpaired) electrons. The van der Waals surface area contributed by atoms with Crippen LogP contribution in [0.1, 0.15) is 5.69 Å². The van der Waals surface area contributed by atoms with Gasteiger partial charge in [-0.3, -0.25) is 10.1 Å². The van der Waals surface area contributed by atoms with E-state index in [1.54, 1.807) is 5.38 Å². The summed E-state index contributed by atoms with van der Waals surface area (Å²) in [4.78, 5) is 9.91. The fraction of sp³-hybridized carbons (Fsp3) is 0.111. The van der Waals surface area contributed by atoms with Crippen LogP contribution in [-0.2, 0) is 6.54 Å². The van der Waals surface area contributed by atoms with Gasteiger partial charge in [-0.05, 0) is 17.6 Å². The first-order valence-corrected chi connectivity index (χ1v) is 5.55. The van der Waals surface area contributed by atoms with Gasteiger partial charge < -0.3 is 5.32 Å². The zero-order valence-electron chi connectivity index (χ0n) is 8.76. The summed E-state index contributed by atoms with van der Waals surface area (Å²) in [5.74, 6) is -2.44. The van der Waals surface area contributed by atoms with E-state index in [9.17, 15) is 18.9 Å². The highest BCUT2D eigenvalue weighted by molar-refractivity contribution is 7.03. The van der Waals surface area contributed by atoms with Gasteiger partial charge in [-0.25, -0.2) is 8.78 Å². The van der Waals surface area contributed by atoms with Crippen LogP contribution >= 0.6 is 11.5 Å². The molecule has 0 fully saturated rings. The number of aromatic nitrogens is 2. The number of halogens is 2. The molecule has 0 aliphatic carbocycles. The van der Waals surface area contributed by atoms with Crippen molar-refractivity contribution in [3.63, 3.8) is 0 Å². The predicted octanol–water partition coefficient (Wildman–Crippen LogP) is 2.34. The van der Waals surface area contributed by atoms with E-state index in [1.807, 2.05) is 0 Å². The molecular weight excluding hydrogens is 266 g/mol. The van der Waals surface area contributed by atoms with E-state index in [-0.39, 0.29) is 6.54 Å². The summed E-state index contributed by atoms with van der Waals surface area (Å²) in [6.07, 6.45) is 0. The monoisotopic (exact) mass is 272 g/mol. The molecule has 9 heteroatoms. The molecule has 18 heavy (non-hydrogen) atoms. The SMILES string of the molecule is O=[N+]([O-])c1ccc(F)c(F)c1NCc1csnn1. The summed E-state index contributed by atoms with van der Waals surface area (Å²) in [5.41, 5.74) is -0.539. The zero-order chi connectivity index (χ0) is 13.1. The fourth-order valence-electron chi connectivity index (χ4n) is 1.30. The minimum Gasteiger partial charge on any atom is -0.371 e. The van der Waals surface area contributed by atoms with Crippen molar-refractivity contribution in [1.29, 1.82) is 0 Å². The second-order valence-electron chi connectivity index (χ2n) is 3.26. The number of nitrogens with zero attached hydrogens (tertiary/aromatic N) is 3. The minimum atomic E-state index is -1.28. The lowest BCUT2D eigenvalue weighted by atomic mass is 10.2. The van der Waals surface area contributed by atoms with Crippen molar-refractivity contribution in [3.8, 4) is 0 Å². The van der Waals surface area contributed by atoms with Crippen LogP contribution in [0.4, 0.5) is 20.2 Å². The molecular formula is C9H6F2N4O2S. The van der Waals surface area contributed by atoms with Gasteiger partial charge in [0.15, 0.2) is 17.3 Å². The van der Waals surface area contributed by atoms with E-state index in [4.69, 9.17) is 0 Å². The average molecular weight is 272 g/mol. The van der Waals surface area contributed by atoms with Crippen molar-refractivity contribution in [2.45, 2.75) is 6.54 Å². The Morgan fingerprint density at radius 1 is 1.44 bits per heavy atom. The number of anilines is 1. The van der Waals surface area contributed by atoms with E-state index >= 15 is 0 Å². The summed E-state index contributed by atoms with van der Waals surface area (Å²) in [5, 5.41) is 18.4. The van der Waals surface area contributed by atoms with Crippen molar-refractivity contribution in [3.05, 3.63) is 45.0 Å². The largest absolute Gasteiger partial charge is 0.371 e. The maximum atomic E-state index is 13.5. The maximum Gasteiger partial charge on any atom is 0.295 e. The van der Waals surface area contributed by atoms with Crippen molar-refractivity contribution in [2.24, 2.45) is 0 Å². The van der Waals surface area contributed by atoms with Crippen LogP contribution < -0.4 is 5.32 Å². The van der Waals surface area contributed by atoms with E-state index in [2.05, 4.69) is 14.9 Å². The Bertz CT molecular complexity index is 576. The quantitative estimate of drug-likeness (QED) is 0.682. The molecule has 1 aromatic carbocycles. The number of hydrogen-bond acceptors (Lipinski definition) is 6. The third-order valence-corrected chi connectivity index (χ3v) is 2.67. The molecule has 0 saturated heterocycles. The van der Waals surface area contributed by atoms with Gasteiger partial charge in [-0.2, -0.15) is 0 Å². The van der Waals surface area contributed by atoms with Gasteiger partial charge in [0.1, 0.15) is 0 Å². The van der Waals surface area contributed by atoms with Crippen LogP contribution in [0, 0.1) is 21.7 Å². The van der Waals surface area contributed by atoms with Crippen LogP contribution in [0.3, 0.4) is 0 Å². The number of nitro groups is 1. The van der Waals surface area contributed by atoms with Gasteiger partial charge in [-0.1, -0.05) is 4.49 Å². The topological polar surface area (TPSA) is 81.0 Å². The summed E-state index contributed by atoms with van der Waals surface area (Å²) in [6, 6.07) is 1.61. The fourth-order valence-corrected chi connectivity index (χ4v) is 1.75. The molecule has 1 aromatic heterocycles. The molecule has 0 atom stereocenters. The lowest BCUT2D eigenvalue weighted by Gasteiger charge is -2.06. The van der Waals surface area contributed by atoms with Gasteiger partial charge in [0.2, 0.25) is 0 Å². The molecule has 0 amide bonds. The standard InChI is InChI=1S/C9H6F2N4O2S/c10-6-1-2-7(15(16)17)9(8(6)11)12-3-5-4-18-14-13-5/h1-2,4,12H,3H2. The zero-order valence-corrected chi connectivity index (χ0v) is 9.58. The number of nitro benzene ring substituents is 1. The van der Waals surface area contributed by atoms with Crippen LogP contribution in [0.5, 0.6) is 0 Å². The molecule has 0 bridgehead atoms. The van der Waals surface area contributed by atoms with E-state index < -0.39 is 27.9 Å². The van der Waals surface area contributed by atoms with Crippen molar-refractivity contribution >= 4 is 22.9 Å². The Morgan fingerprint density at radius 3 is 2.83 bits per heavy atom. The number of benzene rings is 1. The summed E-state index contributed by atoms with van der Waals surface area (Å²) in [6.45, 7) is 0.0255. The first kappa shape index (κ1) is 12.3. The molecule has 1 heterocycles. The number of hydrogen-bond donors (Lipinski definition) is 1. The average Bonchev–Trinajstić information content (AvgIpc) is 2.83. The first-order valence-electron chi connectivity index (χ1n) is 4.72. The van der Waals surface area contributed by atoms with E-state index in [0.717, 1.165) is 17.6 Å².